The van der Waals surface area contributed by atoms with Gasteiger partial charge in [-0.1, -0.05) is 141 Å². The second kappa shape index (κ2) is 17.2. The summed E-state index contributed by atoms with van der Waals surface area (Å²) in [5, 5.41) is 9.00. The molecule has 6 rings (SSSR count). The van der Waals surface area contributed by atoms with E-state index in [-0.39, 0.29) is 39.8 Å². The molecule has 2 aromatic rings. The van der Waals surface area contributed by atoms with Gasteiger partial charge in [0, 0.05) is 0 Å². The van der Waals surface area contributed by atoms with Crippen molar-refractivity contribution in [1.29, 1.82) is 0 Å². The van der Waals surface area contributed by atoms with Gasteiger partial charge in [0.05, 0.1) is 0 Å². The van der Waals surface area contributed by atoms with Crippen molar-refractivity contribution in [2.45, 2.75) is 151 Å². The Labute approximate surface area is 265 Å². The molecule has 0 amide bonds. The third-order valence-electron chi connectivity index (χ3n) is 10.4. The third kappa shape index (κ3) is 8.41. The standard InChI is InChI=1S/C36H52NP2.CH3.Ni/c1-5-17-29(18-6-1)38(30-19-7-2-8-20-30)35-27-15-13-25-33(35)37-34-26-14-16-28-36(34)39(31-21-9-3-10-22-31)32-23-11-4-12-24-32;;/h13-16,25-32H,1-12,17-24H2;1H3;/q2*-1;+2. The van der Waals surface area contributed by atoms with Crippen LogP contribution in [0.25, 0.3) is 5.32 Å². The summed E-state index contributed by atoms with van der Waals surface area (Å²) in [5.41, 5.74) is 6.34. The maximum atomic E-state index is 5.69. The van der Waals surface area contributed by atoms with Gasteiger partial charge in [-0.05, 0) is 84.6 Å². The van der Waals surface area contributed by atoms with Gasteiger partial charge >= 0.3 is 16.5 Å². The number of benzene rings is 2. The van der Waals surface area contributed by atoms with E-state index in [0.29, 0.717) is 0 Å². The van der Waals surface area contributed by atoms with Crippen LogP contribution < -0.4 is 10.6 Å². The van der Waals surface area contributed by atoms with E-state index in [1.54, 1.807) is 10.6 Å². The molecule has 0 N–H and O–H groups in total. The quantitative estimate of drug-likeness (QED) is 0.156. The molecule has 4 fully saturated rings. The minimum atomic E-state index is -0.147. The molecule has 0 unspecified atom stereocenters. The minimum absolute atomic E-state index is 0. The number of nitrogens with zero attached hydrogens (tertiary/aromatic N) is 1. The fourth-order valence-corrected chi connectivity index (χ4v) is 16.3. The van der Waals surface area contributed by atoms with E-state index in [1.807, 2.05) is 0 Å². The first kappa shape index (κ1) is 33.5. The van der Waals surface area contributed by atoms with Crippen LogP contribution in [0, 0.1) is 7.43 Å². The first-order valence-corrected chi connectivity index (χ1v) is 19.8. The maximum Gasteiger partial charge on any atom is 2.00 e. The maximum absolute atomic E-state index is 5.69. The van der Waals surface area contributed by atoms with Crippen LogP contribution in [-0.2, 0) is 16.5 Å². The number of rotatable bonds is 8. The van der Waals surface area contributed by atoms with Gasteiger partial charge in [-0.2, -0.15) is 0 Å². The van der Waals surface area contributed by atoms with Crippen molar-refractivity contribution < 1.29 is 16.5 Å². The van der Waals surface area contributed by atoms with E-state index in [2.05, 4.69) is 48.5 Å². The molecule has 0 saturated heterocycles. The fourth-order valence-electron chi connectivity index (χ4n) is 8.50. The molecule has 0 radical (unpaired) electrons. The molecule has 0 atom stereocenters. The SMILES string of the molecule is [CH3-].[Ni+2].c1ccc(P(C2CCCCC2)C2CCCCC2)c([N-]c2ccccc2P(C2CCCCC2)C2CCCCC2)c1. The summed E-state index contributed by atoms with van der Waals surface area (Å²) < 4.78 is 0. The molecule has 0 bridgehead atoms. The molecular formula is C37H55NNiP2. The molecule has 4 heteroatoms. The van der Waals surface area contributed by atoms with Crippen LogP contribution in [0.4, 0.5) is 11.4 Å². The average molecular weight is 634 g/mol. The molecule has 1 nitrogen and oxygen atoms in total. The fraction of sp³-hybridized carbons (Fsp3) is 0.649. The van der Waals surface area contributed by atoms with Crippen molar-refractivity contribution in [1.82, 2.24) is 0 Å². The molecule has 2 aromatic carbocycles. The van der Waals surface area contributed by atoms with Crippen LogP contribution >= 0.6 is 15.8 Å². The van der Waals surface area contributed by atoms with Crippen LogP contribution in [0.15, 0.2) is 48.5 Å². The molecule has 0 aliphatic heterocycles. The number of hydrogen-bond donors (Lipinski definition) is 0. The predicted octanol–water partition coefficient (Wildman–Crippen LogP) is 12.0. The van der Waals surface area contributed by atoms with Crippen molar-refractivity contribution in [3.8, 4) is 0 Å². The Balaban J connectivity index is 0.00000194. The summed E-state index contributed by atoms with van der Waals surface area (Å²) in [6.45, 7) is 0. The Morgan fingerprint density at radius 3 is 0.976 bits per heavy atom. The number of para-hydroxylation sites is 2. The molecule has 0 heterocycles. The average Bonchev–Trinajstić information content (AvgIpc) is 3.01. The Morgan fingerprint density at radius 1 is 0.415 bits per heavy atom. The van der Waals surface area contributed by atoms with E-state index >= 15 is 0 Å². The van der Waals surface area contributed by atoms with Crippen molar-refractivity contribution in [3.63, 3.8) is 0 Å². The molecule has 0 aromatic heterocycles. The zero-order chi connectivity index (χ0) is 26.3. The third-order valence-corrected chi connectivity index (χ3v) is 17.5. The second-order valence-electron chi connectivity index (χ2n) is 13.1. The molecule has 4 saturated carbocycles. The van der Waals surface area contributed by atoms with Gasteiger partial charge < -0.3 is 12.7 Å². The van der Waals surface area contributed by atoms with Crippen molar-refractivity contribution in [3.05, 3.63) is 61.3 Å². The Bertz CT molecular complexity index is 902. The predicted molar refractivity (Wildman–Crippen MR) is 183 cm³/mol. The molecule has 4 aliphatic carbocycles. The van der Waals surface area contributed by atoms with Crippen LogP contribution in [0.3, 0.4) is 0 Å². The van der Waals surface area contributed by atoms with Crippen LogP contribution in [0.2, 0.25) is 0 Å². The molecule has 4 aliphatic rings. The zero-order valence-electron chi connectivity index (χ0n) is 25.7. The summed E-state index contributed by atoms with van der Waals surface area (Å²) in [6.07, 6.45) is 29.1. The zero-order valence-corrected chi connectivity index (χ0v) is 28.5. The van der Waals surface area contributed by atoms with Crippen LogP contribution in [-0.4, -0.2) is 22.6 Å². The summed E-state index contributed by atoms with van der Waals surface area (Å²) in [6, 6.07) is 19.0. The normalized spacial score (nSPS) is 21.8. The van der Waals surface area contributed by atoms with Gasteiger partial charge in [0.2, 0.25) is 0 Å². The summed E-state index contributed by atoms with van der Waals surface area (Å²) in [4.78, 5) is 0. The van der Waals surface area contributed by atoms with Crippen molar-refractivity contribution in [2.75, 3.05) is 0 Å². The van der Waals surface area contributed by atoms with Gasteiger partial charge in [-0.3, -0.25) is 0 Å². The Kier molecular flexibility index (Phi) is 14.0. The van der Waals surface area contributed by atoms with Crippen molar-refractivity contribution in [2.24, 2.45) is 0 Å². The van der Waals surface area contributed by atoms with E-state index in [9.17, 15) is 0 Å². The molecular weight excluding hydrogens is 579 g/mol. The van der Waals surface area contributed by atoms with Gasteiger partial charge in [-0.25, -0.2) is 0 Å². The van der Waals surface area contributed by atoms with Gasteiger partial charge in [0.25, 0.3) is 0 Å². The summed E-state index contributed by atoms with van der Waals surface area (Å²) >= 11 is 0. The van der Waals surface area contributed by atoms with Crippen LogP contribution in [0.5, 0.6) is 0 Å². The van der Waals surface area contributed by atoms with Gasteiger partial charge in [0.15, 0.2) is 0 Å². The Morgan fingerprint density at radius 2 is 0.683 bits per heavy atom. The van der Waals surface area contributed by atoms with Gasteiger partial charge in [-0.15, -0.1) is 11.4 Å². The van der Waals surface area contributed by atoms with E-state index in [0.717, 1.165) is 22.6 Å². The van der Waals surface area contributed by atoms with E-state index in [4.69, 9.17) is 5.32 Å². The first-order chi connectivity index (χ1) is 19.4. The van der Waals surface area contributed by atoms with Crippen LogP contribution in [0.1, 0.15) is 128 Å². The summed E-state index contributed by atoms with van der Waals surface area (Å²) in [5.74, 6) is 0. The summed E-state index contributed by atoms with van der Waals surface area (Å²) in [7, 11) is -0.294. The smallest absolute Gasteiger partial charge is 0.657 e. The molecule has 228 valence electrons. The van der Waals surface area contributed by atoms with Gasteiger partial charge in [0.1, 0.15) is 0 Å². The van der Waals surface area contributed by atoms with E-state index in [1.165, 1.54) is 140 Å². The van der Waals surface area contributed by atoms with E-state index < -0.39 is 0 Å². The topological polar surface area (TPSA) is 14.1 Å². The second-order valence-corrected chi connectivity index (χ2v) is 18.6. The Hall–Kier alpha value is -0.406. The number of hydrogen-bond acceptors (Lipinski definition) is 0. The molecule has 41 heavy (non-hydrogen) atoms. The molecule has 0 spiro atoms. The van der Waals surface area contributed by atoms with Crippen molar-refractivity contribution >= 4 is 37.8 Å². The minimum Gasteiger partial charge on any atom is -0.657 e. The monoisotopic (exact) mass is 633 g/mol. The largest absolute Gasteiger partial charge is 2.00 e. The first-order valence-electron chi connectivity index (χ1n) is 16.8.